The Labute approximate surface area is 89.6 Å². The van der Waals surface area contributed by atoms with Crippen molar-refractivity contribution in [1.29, 1.82) is 0 Å². The molecule has 0 spiro atoms. The van der Waals surface area contributed by atoms with Crippen molar-refractivity contribution in [3.8, 4) is 11.6 Å². The van der Waals surface area contributed by atoms with Crippen molar-refractivity contribution >= 4 is 5.82 Å². The maximum absolute atomic E-state index is 5.61. The number of nitrogens with zero attached hydrogens (tertiary/aromatic N) is 2. The molecule has 0 saturated heterocycles. The SMILES string of the molecule is CCCCCOc1ncnc(N)c1OC. The smallest absolute Gasteiger partial charge is 0.262 e. The molecule has 84 valence electrons. The number of rotatable bonds is 6. The molecule has 0 aliphatic heterocycles. The van der Waals surface area contributed by atoms with Crippen LogP contribution in [-0.4, -0.2) is 23.7 Å². The van der Waals surface area contributed by atoms with Gasteiger partial charge in [0.2, 0.25) is 5.75 Å². The predicted molar refractivity (Wildman–Crippen MR) is 58.0 cm³/mol. The van der Waals surface area contributed by atoms with Crippen molar-refractivity contribution in [3.05, 3.63) is 6.33 Å². The molecule has 0 radical (unpaired) electrons. The molecule has 0 aromatic carbocycles. The zero-order chi connectivity index (χ0) is 11.1. The van der Waals surface area contributed by atoms with E-state index in [0.717, 1.165) is 19.3 Å². The maximum Gasteiger partial charge on any atom is 0.262 e. The third-order valence-electron chi connectivity index (χ3n) is 1.99. The third kappa shape index (κ3) is 3.27. The van der Waals surface area contributed by atoms with Crippen molar-refractivity contribution in [2.75, 3.05) is 19.5 Å². The average Bonchev–Trinajstić information content (AvgIpc) is 2.24. The van der Waals surface area contributed by atoms with E-state index >= 15 is 0 Å². The van der Waals surface area contributed by atoms with Gasteiger partial charge in [-0.05, 0) is 6.42 Å². The van der Waals surface area contributed by atoms with Gasteiger partial charge in [0.1, 0.15) is 6.33 Å². The van der Waals surface area contributed by atoms with Crippen molar-refractivity contribution < 1.29 is 9.47 Å². The number of anilines is 1. The molecule has 1 rings (SSSR count). The number of nitrogen functional groups attached to an aromatic ring is 1. The van der Waals surface area contributed by atoms with Crippen LogP contribution < -0.4 is 15.2 Å². The summed E-state index contributed by atoms with van der Waals surface area (Å²) in [5.41, 5.74) is 5.61. The molecule has 5 heteroatoms. The first-order valence-electron chi connectivity index (χ1n) is 5.06. The molecule has 0 fully saturated rings. The lowest BCUT2D eigenvalue weighted by atomic mass is 10.3. The molecule has 0 atom stereocenters. The molecule has 2 N–H and O–H groups in total. The lowest BCUT2D eigenvalue weighted by Gasteiger charge is -2.09. The van der Waals surface area contributed by atoms with Crippen LogP contribution in [0.4, 0.5) is 5.82 Å². The van der Waals surface area contributed by atoms with E-state index in [1.54, 1.807) is 0 Å². The van der Waals surface area contributed by atoms with Gasteiger partial charge in [-0.3, -0.25) is 0 Å². The van der Waals surface area contributed by atoms with Gasteiger partial charge in [-0.2, -0.15) is 4.98 Å². The van der Waals surface area contributed by atoms with Crippen LogP contribution in [0.5, 0.6) is 11.6 Å². The highest BCUT2D eigenvalue weighted by molar-refractivity contribution is 5.51. The first kappa shape index (κ1) is 11.6. The second-order valence-corrected chi connectivity index (χ2v) is 3.15. The minimum atomic E-state index is 0.304. The van der Waals surface area contributed by atoms with Gasteiger partial charge in [-0.1, -0.05) is 19.8 Å². The summed E-state index contributed by atoms with van der Waals surface area (Å²) in [7, 11) is 1.52. The Morgan fingerprint density at radius 2 is 2.13 bits per heavy atom. The minimum Gasteiger partial charge on any atom is -0.489 e. The average molecular weight is 211 g/mol. The Hall–Kier alpha value is -1.52. The van der Waals surface area contributed by atoms with Gasteiger partial charge in [0.15, 0.2) is 5.82 Å². The summed E-state index contributed by atoms with van der Waals surface area (Å²) in [4.78, 5) is 7.79. The molecule has 0 saturated carbocycles. The van der Waals surface area contributed by atoms with Crippen LogP contribution in [0.1, 0.15) is 26.2 Å². The number of ether oxygens (including phenoxy) is 2. The molecule has 1 aromatic rings. The summed E-state index contributed by atoms with van der Waals surface area (Å²) in [5.74, 6) is 1.13. The molecule has 0 aliphatic rings. The van der Waals surface area contributed by atoms with Crippen molar-refractivity contribution in [2.24, 2.45) is 0 Å². The normalized spacial score (nSPS) is 10.0. The Morgan fingerprint density at radius 3 is 2.80 bits per heavy atom. The van der Waals surface area contributed by atoms with Gasteiger partial charge in [-0.15, -0.1) is 0 Å². The van der Waals surface area contributed by atoms with E-state index in [-0.39, 0.29) is 0 Å². The second kappa shape index (κ2) is 6.06. The van der Waals surface area contributed by atoms with Crippen molar-refractivity contribution in [1.82, 2.24) is 9.97 Å². The fourth-order valence-electron chi connectivity index (χ4n) is 1.19. The van der Waals surface area contributed by atoms with E-state index in [2.05, 4.69) is 16.9 Å². The standard InChI is InChI=1S/C10H17N3O2/c1-3-4-5-6-15-10-8(14-2)9(11)12-7-13-10/h7H,3-6H2,1-2H3,(H2,11,12,13). The monoisotopic (exact) mass is 211 g/mol. The predicted octanol–water partition coefficient (Wildman–Crippen LogP) is 1.64. The highest BCUT2D eigenvalue weighted by atomic mass is 16.5. The maximum atomic E-state index is 5.61. The number of aromatic nitrogens is 2. The largest absolute Gasteiger partial charge is 0.489 e. The van der Waals surface area contributed by atoms with Gasteiger partial charge in [0.05, 0.1) is 13.7 Å². The van der Waals surface area contributed by atoms with E-state index in [4.69, 9.17) is 15.2 Å². The van der Waals surface area contributed by atoms with Crippen LogP contribution in [0.25, 0.3) is 0 Å². The third-order valence-corrected chi connectivity index (χ3v) is 1.99. The summed E-state index contributed by atoms with van der Waals surface area (Å²) in [6, 6.07) is 0. The fourth-order valence-corrected chi connectivity index (χ4v) is 1.19. The minimum absolute atomic E-state index is 0.304. The lowest BCUT2D eigenvalue weighted by molar-refractivity contribution is 0.274. The number of methoxy groups -OCH3 is 1. The number of nitrogens with two attached hydrogens (primary N) is 1. The Bertz CT molecular complexity index is 305. The number of hydrogen-bond donors (Lipinski definition) is 1. The molecular formula is C10H17N3O2. The van der Waals surface area contributed by atoms with Gasteiger partial charge in [0.25, 0.3) is 5.88 Å². The van der Waals surface area contributed by atoms with Crippen LogP contribution in [0.15, 0.2) is 6.33 Å². The Balaban J connectivity index is 2.56. The second-order valence-electron chi connectivity index (χ2n) is 3.15. The van der Waals surface area contributed by atoms with E-state index in [1.807, 2.05) is 0 Å². The van der Waals surface area contributed by atoms with Crippen LogP contribution >= 0.6 is 0 Å². The fraction of sp³-hybridized carbons (Fsp3) is 0.600. The van der Waals surface area contributed by atoms with E-state index in [9.17, 15) is 0 Å². The molecule has 15 heavy (non-hydrogen) atoms. The molecule has 0 bridgehead atoms. The molecule has 0 unspecified atom stereocenters. The molecule has 5 nitrogen and oxygen atoms in total. The van der Waals surface area contributed by atoms with Crippen molar-refractivity contribution in [3.63, 3.8) is 0 Å². The lowest BCUT2D eigenvalue weighted by Crippen LogP contribution is -2.04. The van der Waals surface area contributed by atoms with Crippen LogP contribution in [0.3, 0.4) is 0 Å². The summed E-state index contributed by atoms with van der Waals surface area (Å²) >= 11 is 0. The zero-order valence-electron chi connectivity index (χ0n) is 9.19. The van der Waals surface area contributed by atoms with E-state index in [0.29, 0.717) is 24.1 Å². The molecule has 1 aromatic heterocycles. The van der Waals surface area contributed by atoms with Gasteiger partial charge < -0.3 is 15.2 Å². The van der Waals surface area contributed by atoms with Gasteiger partial charge >= 0.3 is 0 Å². The summed E-state index contributed by atoms with van der Waals surface area (Å²) < 4.78 is 10.5. The number of hydrogen-bond acceptors (Lipinski definition) is 5. The highest BCUT2D eigenvalue weighted by Crippen LogP contribution is 2.28. The van der Waals surface area contributed by atoms with Crippen LogP contribution in [-0.2, 0) is 0 Å². The molecule has 1 heterocycles. The molecule has 0 aliphatic carbocycles. The summed E-state index contributed by atoms with van der Waals surface area (Å²) in [6.07, 6.45) is 4.67. The summed E-state index contributed by atoms with van der Waals surface area (Å²) in [6.45, 7) is 2.77. The first-order chi connectivity index (χ1) is 7.29. The number of unbranched alkanes of at least 4 members (excludes halogenated alkanes) is 2. The van der Waals surface area contributed by atoms with Gasteiger partial charge in [0, 0.05) is 0 Å². The first-order valence-corrected chi connectivity index (χ1v) is 5.06. The quantitative estimate of drug-likeness (QED) is 0.724. The van der Waals surface area contributed by atoms with E-state index in [1.165, 1.54) is 13.4 Å². The summed E-state index contributed by atoms with van der Waals surface area (Å²) in [5, 5.41) is 0. The molecule has 0 amide bonds. The topological polar surface area (TPSA) is 70.3 Å². The van der Waals surface area contributed by atoms with E-state index < -0.39 is 0 Å². The zero-order valence-corrected chi connectivity index (χ0v) is 9.19. The highest BCUT2D eigenvalue weighted by Gasteiger charge is 2.10. The van der Waals surface area contributed by atoms with Crippen LogP contribution in [0.2, 0.25) is 0 Å². The van der Waals surface area contributed by atoms with Gasteiger partial charge in [-0.25, -0.2) is 4.98 Å². The van der Waals surface area contributed by atoms with Crippen LogP contribution in [0, 0.1) is 0 Å². The Kier molecular flexibility index (Phi) is 4.66. The van der Waals surface area contributed by atoms with Crippen molar-refractivity contribution in [2.45, 2.75) is 26.2 Å². The molecular weight excluding hydrogens is 194 g/mol. The Morgan fingerprint density at radius 1 is 1.33 bits per heavy atom.